The maximum atomic E-state index is 12.8. The highest BCUT2D eigenvalue weighted by Gasteiger charge is 2.18. The Morgan fingerprint density at radius 2 is 2.11 bits per heavy atom. The highest BCUT2D eigenvalue weighted by molar-refractivity contribution is 6.08. The summed E-state index contributed by atoms with van der Waals surface area (Å²) in [6.45, 7) is 4.72. The molecule has 0 aliphatic rings. The average molecular weight is 371 g/mol. The third-order valence-corrected chi connectivity index (χ3v) is 4.49. The largest absolute Gasteiger partial charge is 0.321 e. The van der Waals surface area contributed by atoms with Gasteiger partial charge >= 0.3 is 0 Å². The number of hydrogen-bond donors (Lipinski definition) is 1. The lowest BCUT2D eigenvalue weighted by Crippen LogP contribution is -2.13. The average Bonchev–Trinajstić information content (AvgIpc) is 3.31. The first-order chi connectivity index (χ1) is 13.6. The van der Waals surface area contributed by atoms with Crippen LogP contribution in [0.15, 0.2) is 48.9 Å². The van der Waals surface area contributed by atoms with Gasteiger partial charge in [0.15, 0.2) is 5.65 Å². The summed E-state index contributed by atoms with van der Waals surface area (Å²) in [6.07, 6.45) is 5.08. The highest BCUT2D eigenvalue weighted by atomic mass is 16.1. The molecule has 0 radical (unpaired) electrons. The molecule has 138 valence electrons. The van der Waals surface area contributed by atoms with E-state index in [1.807, 2.05) is 30.8 Å². The standard InChI is InChI=1S/C20H17N7O/c1-3-26-12-16(13(2)25-26)18-8-9-22-19-15(11-23-27(18)19)20(28)24-17-7-5-4-6-14(17)10-21/h4-9,11-12H,3H2,1-2H3,(H,24,28). The maximum Gasteiger partial charge on any atom is 0.261 e. The number of aromatic nitrogens is 5. The van der Waals surface area contributed by atoms with Gasteiger partial charge in [-0.05, 0) is 32.0 Å². The van der Waals surface area contributed by atoms with Gasteiger partial charge in [-0.25, -0.2) is 9.50 Å². The van der Waals surface area contributed by atoms with E-state index in [1.165, 1.54) is 6.20 Å². The molecule has 0 bridgehead atoms. The first-order valence-electron chi connectivity index (χ1n) is 8.80. The van der Waals surface area contributed by atoms with E-state index in [2.05, 4.69) is 26.6 Å². The Labute approximate surface area is 161 Å². The Hall–Kier alpha value is -3.99. The molecule has 1 N–H and O–H groups in total. The molecule has 1 amide bonds. The minimum absolute atomic E-state index is 0.329. The number of carbonyl (C=O) groups is 1. The van der Waals surface area contributed by atoms with Crippen LogP contribution in [0.25, 0.3) is 16.9 Å². The lowest BCUT2D eigenvalue weighted by Gasteiger charge is -2.06. The first kappa shape index (κ1) is 17.4. The predicted molar refractivity (Wildman–Crippen MR) is 104 cm³/mol. The SMILES string of the molecule is CCn1cc(-c2ccnc3c(C(=O)Nc4ccccc4C#N)cnn23)c(C)n1. The van der Waals surface area contributed by atoms with Crippen molar-refractivity contribution in [2.45, 2.75) is 20.4 Å². The molecule has 4 rings (SSSR count). The number of nitrogens with one attached hydrogen (secondary N) is 1. The Kier molecular flexibility index (Phi) is 4.33. The molecule has 28 heavy (non-hydrogen) atoms. The van der Waals surface area contributed by atoms with Crippen molar-refractivity contribution >= 4 is 17.2 Å². The van der Waals surface area contributed by atoms with Crippen molar-refractivity contribution in [2.24, 2.45) is 0 Å². The second kappa shape index (κ2) is 6.96. The van der Waals surface area contributed by atoms with Gasteiger partial charge in [0.25, 0.3) is 5.91 Å². The molecule has 1 aromatic carbocycles. The van der Waals surface area contributed by atoms with Gasteiger partial charge in [0.1, 0.15) is 11.6 Å². The summed E-state index contributed by atoms with van der Waals surface area (Å²) in [5.41, 5.74) is 4.22. The van der Waals surface area contributed by atoms with Gasteiger partial charge in [-0.2, -0.15) is 15.5 Å². The number of benzene rings is 1. The van der Waals surface area contributed by atoms with Crippen molar-refractivity contribution in [1.29, 1.82) is 5.26 Å². The molecule has 0 fully saturated rings. The third-order valence-electron chi connectivity index (χ3n) is 4.49. The van der Waals surface area contributed by atoms with Crippen LogP contribution in [0.3, 0.4) is 0 Å². The zero-order valence-corrected chi connectivity index (χ0v) is 15.4. The van der Waals surface area contributed by atoms with Crippen LogP contribution in [-0.4, -0.2) is 30.3 Å². The predicted octanol–water partition coefficient (Wildman–Crippen LogP) is 3.05. The Morgan fingerprint density at radius 3 is 2.86 bits per heavy atom. The van der Waals surface area contributed by atoms with Gasteiger partial charge in [-0.1, -0.05) is 12.1 Å². The molecule has 8 heteroatoms. The first-order valence-corrected chi connectivity index (χ1v) is 8.80. The van der Waals surface area contributed by atoms with E-state index >= 15 is 0 Å². The molecule has 4 aromatic rings. The zero-order chi connectivity index (χ0) is 19.7. The molecule has 0 unspecified atom stereocenters. The summed E-state index contributed by atoms with van der Waals surface area (Å²) in [5.74, 6) is -0.372. The smallest absolute Gasteiger partial charge is 0.261 e. The van der Waals surface area contributed by atoms with Crippen LogP contribution < -0.4 is 5.32 Å². The van der Waals surface area contributed by atoms with Crippen LogP contribution in [0.4, 0.5) is 5.69 Å². The van der Waals surface area contributed by atoms with Crippen molar-refractivity contribution in [2.75, 3.05) is 5.32 Å². The fraction of sp³-hybridized carbons (Fsp3) is 0.150. The molecule has 0 aliphatic heterocycles. The third kappa shape index (κ3) is 2.89. The summed E-state index contributed by atoms with van der Waals surface area (Å²) >= 11 is 0. The van der Waals surface area contributed by atoms with E-state index in [0.29, 0.717) is 22.5 Å². The second-order valence-corrected chi connectivity index (χ2v) is 6.22. The minimum Gasteiger partial charge on any atom is -0.321 e. The minimum atomic E-state index is -0.372. The van der Waals surface area contributed by atoms with Gasteiger partial charge < -0.3 is 5.32 Å². The van der Waals surface area contributed by atoms with E-state index in [9.17, 15) is 10.1 Å². The normalized spacial score (nSPS) is 10.8. The van der Waals surface area contributed by atoms with Crippen LogP contribution in [0.2, 0.25) is 0 Å². The molecule has 0 spiro atoms. The lowest BCUT2D eigenvalue weighted by atomic mass is 10.2. The van der Waals surface area contributed by atoms with E-state index in [1.54, 1.807) is 35.0 Å². The van der Waals surface area contributed by atoms with Crippen LogP contribution >= 0.6 is 0 Å². The number of carbonyl (C=O) groups excluding carboxylic acids is 1. The van der Waals surface area contributed by atoms with Crippen LogP contribution in [-0.2, 0) is 6.54 Å². The molecule has 0 saturated carbocycles. The zero-order valence-electron chi connectivity index (χ0n) is 15.4. The molecule has 3 heterocycles. The Morgan fingerprint density at radius 1 is 1.29 bits per heavy atom. The number of para-hydroxylation sites is 1. The molecule has 8 nitrogen and oxygen atoms in total. The molecule has 0 aliphatic carbocycles. The van der Waals surface area contributed by atoms with Crippen molar-refractivity contribution in [3.63, 3.8) is 0 Å². The Balaban J connectivity index is 1.75. The fourth-order valence-electron chi connectivity index (χ4n) is 3.07. The number of rotatable bonds is 4. The maximum absolute atomic E-state index is 12.8. The van der Waals surface area contributed by atoms with E-state index in [4.69, 9.17) is 0 Å². The van der Waals surface area contributed by atoms with E-state index < -0.39 is 0 Å². The highest BCUT2D eigenvalue weighted by Crippen LogP contribution is 2.24. The van der Waals surface area contributed by atoms with Gasteiger partial charge in [0.05, 0.1) is 28.8 Å². The molecular formula is C20H17N7O. The lowest BCUT2D eigenvalue weighted by molar-refractivity contribution is 0.102. The second-order valence-electron chi connectivity index (χ2n) is 6.22. The van der Waals surface area contributed by atoms with Crippen LogP contribution in [0.1, 0.15) is 28.5 Å². The molecule has 0 atom stereocenters. The molecule has 3 aromatic heterocycles. The van der Waals surface area contributed by atoms with Gasteiger partial charge in [-0.3, -0.25) is 9.48 Å². The van der Waals surface area contributed by atoms with Crippen LogP contribution in [0.5, 0.6) is 0 Å². The van der Waals surface area contributed by atoms with E-state index in [-0.39, 0.29) is 5.91 Å². The van der Waals surface area contributed by atoms with Crippen molar-refractivity contribution in [3.05, 3.63) is 65.7 Å². The Bertz CT molecular complexity index is 1230. The quantitative estimate of drug-likeness (QED) is 0.594. The van der Waals surface area contributed by atoms with Crippen molar-refractivity contribution < 1.29 is 4.79 Å². The number of nitrogens with zero attached hydrogens (tertiary/aromatic N) is 6. The molecule has 0 saturated heterocycles. The van der Waals surface area contributed by atoms with Crippen LogP contribution in [0, 0.1) is 18.3 Å². The van der Waals surface area contributed by atoms with E-state index in [0.717, 1.165) is 23.5 Å². The monoisotopic (exact) mass is 371 g/mol. The van der Waals surface area contributed by atoms with Gasteiger partial charge in [-0.15, -0.1) is 0 Å². The number of aryl methyl sites for hydroxylation is 2. The summed E-state index contributed by atoms with van der Waals surface area (Å²) < 4.78 is 3.49. The number of nitriles is 1. The summed E-state index contributed by atoms with van der Waals surface area (Å²) in [4.78, 5) is 17.1. The fourth-order valence-corrected chi connectivity index (χ4v) is 3.07. The molecular weight excluding hydrogens is 354 g/mol. The summed E-state index contributed by atoms with van der Waals surface area (Å²) in [7, 11) is 0. The summed E-state index contributed by atoms with van der Waals surface area (Å²) in [5, 5.41) is 20.8. The van der Waals surface area contributed by atoms with Crippen molar-refractivity contribution in [1.82, 2.24) is 24.4 Å². The number of anilines is 1. The summed E-state index contributed by atoms with van der Waals surface area (Å²) in [6, 6.07) is 10.8. The topological polar surface area (TPSA) is 101 Å². The number of fused-ring (bicyclic) bond motifs is 1. The van der Waals surface area contributed by atoms with Gasteiger partial charge in [0, 0.05) is 24.5 Å². The number of amides is 1. The number of hydrogen-bond acceptors (Lipinski definition) is 5. The van der Waals surface area contributed by atoms with Gasteiger partial charge in [0.2, 0.25) is 0 Å². The van der Waals surface area contributed by atoms with Crippen molar-refractivity contribution in [3.8, 4) is 17.3 Å².